The molecule has 1 aromatic rings. The summed E-state index contributed by atoms with van der Waals surface area (Å²) in [5.41, 5.74) is 0.713. The number of hydrogen-bond donors (Lipinski definition) is 3. The third-order valence-corrected chi connectivity index (χ3v) is 2.70. The molecule has 0 aliphatic carbocycles. The minimum absolute atomic E-state index is 0.115. The summed E-state index contributed by atoms with van der Waals surface area (Å²) < 4.78 is 0. The van der Waals surface area contributed by atoms with E-state index in [2.05, 4.69) is 5.32 Å². The molecule has 0 unspecified atom stereocenters. The summed E-state index contributed by atoms with van der Waals surface area (Å²) in [5, 5.41) is 21.1. The van der Waals surface area contributed by atoms with Crippen molar-refractivity contribution in [1.29, 1.82) is 0 Å². The first kappa shape index (κ1) is 14.0. The fourth-order valence-electron chi connectivity index (χ4n) is 1.67. The van der Waals surface area contributed by atoms with Crippen LogP contribution in [0.5, 0.6) is 5.75 Å². The quantitative estimate of drug-likeness (QED) is 0.757. The highest BCUT2D eigenvalue weighted by atomic mass is 16.4. The van der Waals surface area contributed by atoms with Gasteiger partial charge < -0.3 is 15.5 Å². The molecule has 3 N–H and O–H groups in total. The van der Waals surface area contributed by atoms with Crippen LogP contribution < -0.4 is 5.32 Å². The molecule has 1 amide bonds. The van der Waals surface area contributed by atoms with Crippen LogP contribution >= 0.6 is 0 Å². The minimum Gasteiger partial charge on any atom is -0.507 e. The number of nitrogens with one attached hydrogen (secondary N) is 1. The van der Waals surface area contributed by atoms with Gasteiger partial charge in [0.1, 0.15) is 11.8 Å². The van der Waals surface area contributed by atoms with Gasteiger partial charge in [0.2, 0.25) is 0 Å². The molecule has 0 fully saturated rings. The van der Waals surface area contributed by atoms with Crippen molar-refractivity contribution < 1.29 is 19.8 Å². The Labute approximate surface area is 105 Å². The van der Waals surface area contributed by atoms with Crippen molar-refractivity contribution in [3.8, 4) is 5.75 Å². The largest absolute Gasteiger partial charge is 0.507 e. The fraction of sp³-hybridized carbons (Fsp3) is 0.385. The summed E-state index contributed by atoms with van der Waals surface area (Å²) >= 11 is 0. The number of rotatable bonds is 4. The van der Waals surface area contributed by atoms with Crippen LogP contribution in [-0.2, 0) is 4.79 Å². The molecule has 1 atom stereocenters. The van der Waals surface area contributed by atoms with Crippen molar-refractivity contribution >= 4 is 11.9 Å². The number of aliphatic carboxylic acids is 1. The van der Waals surface area contributed by atoms with Crippen LogP contribution in [0.4, 0.5) is 0 Å². The van der Waals surface area contributed by atoms with Gasteiger partial charge in [-0.15, -0.1) is 0 Å². The first-order valence-electron chi connectivity index (χ1n) is 5.66. The summed E-state index contributed by atoms with van der Waals surface area (Å²) in [5.74, 6) is -2.06. The van der Waals surface area contributed by atoms with Gasteiger partial charge in [0.05, 0.1) is 5.56 Å². The summed E-state index contributed by atoms with van der Waals surface area (Å²) in [4.78, 5) is 23.0. The minimum atomic E-state index is -1.09. The highest BCUT2D eigenvalue weighted by molar-refractivity contribution is 6.00. The van der Waals surface area contributed by atoms with Gasteiger partial charge in [-0.3, -0.25) is 4.79 Å². The van der Waals surface area contributed by atoms with E-state index in [0.29, 0.717) is 5.56 Å². The maximum Gasteiger partial charge on any atom is 0.326 e. The van der Waals surface area contributed by atoms with Gasteiger partial charge in [0.15, 0.2) is 0 Å². The Balaban J connectivity index is 2.98. The van der Waals surface area contributed by atoms with E-state index < -0.39 is 17.9 Å². The molecule has 1 rings (SSSR count). The average molecular weight is 251 g/mol. The van der Waals surface area contributed by atoms with E-state index in [1.54, 1.807) is 32.9 Å². The van der Waals surface area contributed by atoms with Crippen LogP contribution in [-0.4, -0.2) is 28.1 Å². The van der Waals surface area contributed by atoms with Crippen LogP contribution in [0.3, 0.4) is 0 Å². The highest BCUT2D eigenvalue weighted by Gasteiger charge is 2.25. The Hall–Kier alpha value is -2.04. The highest BCUT2D eigenvalue weighted by Crippen LogP contribution is 2.20. The number of carboxylic acid groups (broad SMARTS) is 1. The molecule has 18 heavy (non-hydrogen) atoms. The standard InChI is InChI=1S/C13H17NO4/c1-7(2)11(13(17)18)14-12(16)10-8(3)5-4-6-9(10)15/h4-7,11,15H,1-3H3,(H,14,16)(H,17,18)/t11-/m0/s1. The molecule has 5 heteroatoms. The second kappa shape index (κ2) is 5.53. The van der Waals surface area contributed by atoms with Gasteiger partial charge in [-0.1, -0.05) is 26.0 Å². The maximum absolute atomic E-state index is 12.0. The Morgan fingerprint density at radius 1 is 1.28 bits per heavy atom. The van der Waals surface area contributed by atoms with Crippen LogP contribution in [0.2, 0.25) is 0 Å². The van der Waals surface area contributed by atoms with Gasteiger partial charge in [-0.25, -0.2) is 4.79 Å². The van der Waals surface area contributed by atoms with Crippen molar-refractivity contribution in [3.05, 3.63) is 29.3 Å². The van der Waals surface area contributed by atoms with Gasteiger partial charge in [0, 0.05) is 0 Å². The van der Waals surface area contributed by atoms with Crippen LogP contribution in [0.1, 0.15) is 29.8 Å². The summed E-state index contributed by atoms with van der Waals surface area (Å²) in [6.07, 6.45) is 0. The van der Waals surface area contributed by atoms with Crippen molar-refractivity contribution in [3.63, 3.8) is 0 Å². The predicted octanol–water partition coefficient (Wildman–Crippen LogP) is 1.54. The smallest absolute Gasteiger partial charge is 0.326 e. The van der Waals surface area contributed by atoms with Gasteiger partial charge >= 0.3 is 5.97 Å². The van der Waals surface area contributed by atoms with E-state index in [4.69, 9.17) is 5.11 Å². The molecule has 0 spiro atoms. The second-order valence-electron chi connectivity index (χ2n) is 4.50. The number of aryl methyl sites for hydroxylation is 1. The maximum atomic E-state index is 12.0. The molecular weight excluding hydrogens is 234 g/mol. The number of phenolic OH excluding ortho intramolecular Hbond substituents is 1. The van der Waals surface area contributed by atoms with Crippen molar-refractivity contribution in [1.82, 2.24) is 5.32 Å². The summed E-state index contributed by atoms with van der Waals surface area (Å²) in [7, 11) is 0. The Morgan fingerprint density at radius 2 is 1.89 bits per heavy atom. The van der Waals surface area contributed by atoms with Crippen molar-refractivity contribution in [2.24, 2.45) is 5.92 Å². The normalized spacial score (nSPS) is 12.2. The molecule has 1 aromatic carbocycles. The number of aromatic hydroxyl groups is 1. The molecule has 0 bridgehead atoms. The fourth-order valence-corrected chi connectivity index (χ4v) is 1.67. The van der Waals surface area contributed by atoms with Crippen molar-refractivity contribution in [2.75, 3.05) is 0 Å². The SMILES string of the molecule is Cc1cccc(O)c1C(=O)N[C@H](C(=O)O)C(C)C. The van der Waals surface area contributed by atoms with E-state index in [9.17, 15) is 14.7 Å². The number of carbonyl (C=O) groups excluding carboxylic acids is 1. The van der Waals surface area contributed by atoms with E-state index >= 15 is 0 Å². The zero-order chi connectivity index (χ0) is 13.9. The van der Waals surface area contributed by atoms with Gasteiger partial charge in [-0.05, 0) is 24.5 Å². The number of benzene rings is 1. The topological polar surface area (TPSA) is 86.6 Å². The summed E-state index contributed by atoms with van der Waals surface area (Å²) in [6, 6.07) is 3.72. The monoisotopic (exact) mass is 251 g/mol. The molecule has 0 radical (unpaired) electrons. The summed E-state index contributed by atoms with van der Waals surface area (Å²) in [6.45, 7) is 5.09. The number of phenols is 1. The predicted molar refractivity (Wildman–Crippen MR) is 66.6 cm³/mol. The lowest BCUT2D eigenvalue weighted by molar-refractivity contribution is -0.140. The Kier molecular flexibility index (Phi) is 4.31. The van der Waals surface area contributed by atoms with E-state index in [1.807, 2.05) is 0 Å². The van der Waals surface area contributed by atoms with Crippen LogP contribution in [0.15, 0.2) is 18.2 Å². The molecule has 0 aliphatic heterocycles. The lowest BCUT2D eigenvalue weighted by atomic mass is 10.0. The first-order valence-corrected chi connectivity index (χ1v) is 5.66. The third-order valence-electron chi connectivity index (χ3n) is 2.70. The Bertz CT molecular complexity index is 448. The number of carbonyl (C=O) groups is 2. The lowest BCUT2D eigenvalue weighted by Gasteiger charge is -2.18. The van der Waals surface area contributed by atoms with E-state index in [0.717, 1.165) is 0 Å². The molecule has 5 nitrogen and oxygen atoms in total. The first-order chi connectivity index (χ1) is 8.34. The second-order valence-corrected chi connectivity index (χ2v) is 4.50. The van der Waals surface area contributed by atoms with Gasteiger partial charge in [-0.2, -0.15) is 0 Å². The zero-order valence-electron chi connectivity index (χ0n) is 10.6. The lowest BCUT2D eigenvalue weighted by Crippen LogP contribution is -2.44. The molecule has 0 heterocycles. The number of carboxylic acids is 1. The average Bonchev–Trinajstić information content (AvgIpc) is 2.24. The molecular formula is C13H17NO4. The molecule has 98 valence electrons. The third kappa shape index (κ3) is 3.00. The zero-order valence-corrected chi connectivity index (χ0v) is 10.6. The molecule has 0 saturated carbocycles. The number of hydrogen-bond acceptors (Lipinski definition) is 3. The van der Waals surface area contributed by atoms with E-state index in [1.165, 1.54) is 6.07 Å². The molecule has 0 aliphatic rings. The molecule has 0 aromatic heterocycles. The van der Waals surface area contributed by atoms with Crippen LogP contribution in [0, 0.1) is 12.8 Å². The van der Waals surface area contributed by atoms with E-state index in [-0.39, 0.29) is 17.2 Å². The van der Waals surface area contributed by atoms with Crippen LogP contribution in [0.25, 0.3) is 0 Å². The Morgan fingerprint density at radius 3 is 2.33 bits per heavy atom. The van der Waals surface area contributed by atoms with Crippen molar-refractivity contribution in [2.45, 2.75) is 26.8 Å². The number of amides is 1. The van der Waals surface area contributed by atoms with Gasteiger partial charge in [0.25, 0.3) is 5.91 Å². The molecule has 0 saturated heterocycles.